The molecule has 1 N–H and O–H groups in total. The summed E-state index contributed by atoms with van der Waals surface area (Å²) in [5.74, 6) is -1.14. The summed E-state index contributed by atoms with van der Waals surface area (Å²) in [6, 6.07) is 4.77. The number of nitrogens with one attached hydrogen (secondary N) is 1. The summed E-state index contributed by atoms with van der Waals surface area (Å²) in [6.45, 7) is 4.11. The molecule has 0 radical (unpaired) electrons. The molecule has 0 saturated carbocycles. The van der Waals surface area contributed by atoms with Gasteiger partial charge in [0.2, 0.25) is 11.8 Å². The zero-order valence-corrected chi connectivity index (χ0v) is 18.5. The number of nitrogens with zero attached hydrogens (tertiary/aromatic N) is 1. The van der Waals surface area contributed by atoms with Gasteiger partial charge in [0.05, 0.1) is 29.5 Å². The van der Waals surface area contributed by atoms with Gasteiger partial charge in [0.1, 0.15) is 0 Å². The quantitative estimate of drug-likeness (QED) is 0.743. The fourth-order valence-corrected chi connectivity index (χ4v) is 6.31. The molecule has 0 aliphatic carbocycles. The molecule has 2 fully saturated rings. The molecular formula is C20H26N2O6S2. The number of amides is 2. The second kappa shape index (κ2) is 8.49. The van der Waals surface area contributed by atoms with Gasteiger partial charge in [-0.2, -0.15) is 0 Å². The van der Waals surface area contributed by atoms with E-state index in [4.69, 9.17) is 9.47 Å². The summed E-state index contributed by atoms with van der Waals surface area (Å²) < 4.78 is 36.9. The average molecular weight is 455 g/mol. The zero-order valence-electron chi connectivity index (χ0n) is 16.9. The first-order valence-electron chi connectivity index (χ1n) is 10.2. The predicted molar refractivity (Wildman–Crippen MR) is 112 cm³/mol. The highest BCUT2D eigenvalue weighted by atomic mass is 32.2. The summed E-state index contributed by atoms with van der Waals surface area (Å²) in [6.07, 6.45) is 1.51. The Hall–Kier alpha value is -1.62. The first kappa shape index (κ1) is 21.6. The maximum atomic E-state index is 12.8. The third kappa shape index (κ3) is 4.66. The summed E-state index contributed by atoms with van der Waals surface area (Å²) in [5, 5.41) is 2.90. The van der Waals surface area contributed by atoms with Gasteiger partial charge >= 0.3 is 0 Å². The Bertz CT molecular complexity index is 933. The van der Waals surface area contributed by atoms with E-state index in [1.165, 1.54) is 6.07 Å². The fourth-order valence-electron chi connectivity index (χ4n) is 4.00. The maximum absolute atomic E-state index is 12.8. The van der Waals surface area contributed by atoms with Crippen LogP contribution in [0.1, 0.15) is 32.6 Å². The average Bonchev–Trinajstić information content (AvgIpc) is 3.09. The molecule has 1 aromatic rings. The third-order valence-electron chi connectivity index (χ3n) is 5.66. The van der Waals surface area contributed by atoms with Crippen molar-refractivity contribution in [2.24, 2.45) is 0 Å². The van der Waals surface area contributed by atoms with Gasteiger partial charge in [-0.1, -0.05) is 6.92 Å². The second-order valence-corrected chi connectivity index (χ2v) is 11.5. The van der Waals surface area contributed by atoms with Gasteiger partial charge in [-0.15, -0.1) is 11.8 Å². The number of hydrogen-bond acceptors (Lipinski definition) is 7. The molecular weight excluding hydrogens is 428 g/mol. The van der Waals surface area contributed by atoms with E-state index >= 15 is 0 Å². The third-order valence-corrected chi connectivity index (χ3v) is 8.55. The Balaban J connectivity index is 1.37. The lowest BCUT2D eigenvalue weighted by Crippen LogP contribution is -2.47. The highest BCUT2D eigenvalue weighted by Gasteiger charge is 2.40. The van der Waals surface area contributed by atoms with Crippen molar-refractivity contribution in [3.05, 3.63) is 18.2 Å². The van der Waals surface area contributed by atoms with E-state index in [-0.39, 0.29) is 34.1 Å². The number of hydrogen-bond donors (Lipinski definition) is 1. The Morgan fingerprint density at radius 3 is 2.67 bits per heavy atom. The normalized spacial score (nSPS) is 23.7. The number of carbonyl (C=O) groups excluding carboxylic acids is 2. The van der Waals surface area contributed by atoms with Gasteiger partial charge in [-0.25, -0.2) is 8.42 Å². The fraction of sp³-hybridized carbons (Fsp3) is 0.600. The first-order chi connectivity index (χ1) is 14.3. The molecule has 4 rings (SSSR count). The number of thioether (sulfide) groups is 1. The van der Waals surface area contributed by atoms with Crippen molar-refractivity contribution >= 4 is 39.1 Å². The van der Waals surface area contributed by atoms with Gasteiger partial charge in [-0.3, -0.25) is 9.59 Å². The lowest BCUT2D eigenvalue weighted by molar-refractivity contribution is -0.187. The van der Waals surface area contributed by atoms with Crippen LogP contribution < -0.4 is 5.32 Å². The second-order valence-electron chi connectivity index (χ2n) is 7.90. The predicted octanol–water partition coefficient (Wildman–Crippen LogP) is 2.04. The van der Waals surface area contributed by atoms with Gasteiger partial charge in [0, 0.05) is 48.9 Å². The highest BCUT2D eigenvalue weighted by Crippen LogP contribution is 2.36. The summed E-state index contributed by atoms with van der Waals surface area (Å²) >= 11 is 1.54. The highest BCUT2D eigenvalue weighted by molar-refractivity contribution is 8.00. The molecule has 1 atom stereocenters. The van der Waals surface area contributed by atoms with Gasteiger partial charge in [0.25, 0.3) is 0 Å². The van der Waals surface area contributed by atoms with Crippen LogP contribution >= 0.6 is 11.8 Å². The number of likely N-dealkylation sites (tertiary alicyclic amines) is 1. The van der Waals surface area contributed by atoms with E-state index in [1.807, 2.05) is 6.92 Å². The van der Waals surface area contributed by atoms with E-state index in [0.717, 1.165) is 4.90 Å². The van der Waals surface area contributed by atoms with E-state index in [0.29, 0.717) is 51.3 Å². The molecule has 0 unspecified atom stereocenters. The number of anilines is 1. The smallest absolute Gasteiger partial charge is 0.225 e. The summed E-state index contributed by atoms with van der Waals surface area (Å²) in [4.78, 5) is 27.2. The van der Waals surface area contributed by atoms with Crippen molar-refractivity contribution < 1.29 is 27.5 Å². The Labute approximate surface area is 180 Å². The number of fused-ring (bicyclic) bond motifs is 1. The Kier molecular flexibility index (Phi) is 6.11. The largest absolute Gasteiger partial charge is 0.347 e. The van der Waals surface area contributed by atoms with Crippen molar-refractivity contribution in [3.8, 4) is 0 Å². The first-order valence-corrected chi connectivity index (χ1v) is 12.7. The number of benzene rings is 1. The van der Waals surface area contributed by atoms with Crippen molar-refractivity contribution in [3.63, 3.8) is 0 Å². The molecule has 3 aliphatic heterocycles. The van der Waals surface area contributed by atoms with Crippen LogP contribution in [0.15, 0.2) is 28.0 Å². The standard InChI is InChI=1S/C20H26N2O6S2/c1-14-12-18(23)21-16-13-15(2-3-17(16)29-14)30(25,26)11-4-19(24)22-7-5-20(6-8-22)27-9-10-28-20/h2-3,13-14H,4-12H2,1H3,(H,21,23)/t14-/m0/s1. The lowest BCUT2D eigenvalue weighted by atomic mass is 10.0. The van der Waals surface area contributed by atoms with Crippen LogP contribution in [-0.2, 0) is 28.9 Å². The topological polar surface area (TPSA) is 102 Å². The summed E-state index contributed by atoms with van der Waals surface area (Å²) in [5.41, 5.74) is 0.514. The van der Waals surface area contributed by atoms with E-state index in [1.54, 1.807) is 28.8 Å². The summed E-state index contributed by atoms with van der Waals surface area (Å²) in [7, 11) is -3.65. The van der Waals surface area contributed by atoms with Crippen LogP contribution in [0.5, 0.6) is 0 Å². The minimum Gasteiger partial charge on any atom is -0.347 e. The molecule has 164 valence electrons. The van der Waals surface area contributed by atoms with Crippen LogP contribution in [0.2, 0.25) is 0 Å². The molecule has 0 bridgehead atoms. The lowest BCUT2D eigenvalue weighted by Gasteiger charge is -2.37. The minimum absolute atomic E-state index is 0.0771. The Morgan fingerprint density at radius 2 is 1.97 bits per heavy atom. The van der Waals surface area contributed by atoms with Crippen molar-refractivity contribution in [2.45, 2.75) is 53.4 Å². The van der Waals surface area contributed by atoms with Crippen LogP contribution in [0.4, 0.5) is 5.69 Å². The number of carbonyl (C=O) groups is 2. The maximum Gasteiger partial charge on any atom is 0.225 e. The van der Waals surface area contributed by atoms with Crippen LogP contribution in [0.25, 0.3) is 0 Å². The molecule has 8 nitrogen and oxygen atoms in total. The van der Waals surface area contributed by atoms with Crippen molar-refractivity contribution in [1.29, 1.82) is 0 Å². The monoisotopic (exact) mass is 454 g/mol. The van der Waals surface area contributed by atoms with Crippen LogP contribution in [0.3, 0.4) is 0 Å². The van der Waals surface area contributed by atoms with Crippen LogP contribution in [-0.4, -0.2) is 68.2 Å². The number of ether oxygens (including phenoxy) is 2. The van der Waals surface area contributed by atoms with Crippen molar-refractivity contribution in [1.82, 2.24) is 4.90 Å². The number of rotatable bonds is 4. The molecule has 3 heterocycles. The zero-order chi connectivity index (χ0) is 21.4. The SMILES string of the molecule is C[C@H]1CC(=O)Nc2cc(S(=O)(=O)CCC(=O)N3CCC4(CC3)OCCO4)ccc2S1. The van der Waals surface area contributed by atoms with E-state index < -0.39 is 15.6 Å². The van der Waals surface area contributed by atoms with Gasteiger partial charge in [-0.05, 0) is 18.2 Å². The molecule has 1 spiro atoms. The van der Waals surface area contributed by atoms with Gasteiger partial charge in [0.15, 0.2) is 15.6 Å². The number of piperidine rings is 1. The van der Waals surface area contributed by atoms with Gasteiger partial charge < -0.3 is 19.7 Å². The van der Waals surface area contributed by atoms with E-state index in [9.17, 15) is 18.0 Å². The van der Waals surface area contributed by atoms with Crippen molar-refractivity contribution in [2.75, 3.05) is 37.4 Å². The molecule has 2 amide bonds. The molecule has 10 heteroatoms. The molecule has 3 aliphatic rings. The van der Waals surface area contributed by atoms with E-state index in [2.05, 4.69) is 5.32 Å². The molecule has 30 heavy (non-hydrogen) atoms. The number of sulfone groups is 1. The van der Waals surface area contributed by atoms with Crippen LogP contribution in [0, 0.1) is 0 Å². The molecule has 0 aromatic heterocycles. The molecule has 1 aromatic carbocycles. The molecule has 2 saturated heterocycles. The minimum atomic E-state index is -3.65. The Morgan fingerprint density at radius 1 is 1.27 bits per heavy atom.